The van der Waals surface area contributed by atoms with Crippen molar-refractivity contribution in [2.45, 2.75) is 171 Å². The molecule has 1 atom stereocenters. The third-order valence-electron chi connectivity index (χ3n) is 19.5. The SMILES string of the molecule is CC(C)N(CCCO)c1ccc(N)c(C(N)=O)c1.CCC(CC)N(CCO)c1ccc(N)c(C(N)=O)c1.CCCN(CCO)c1ccc(N)c(C(N)=O)c1.CCCN(c1ccc(N)c(C(N)=O)c1)C(C)CC.CCCN(c1ccc(N)c(C(N)=O)c1)C(CC)CC.CCCNc1ccc(N)c(C(N)=O)c1.[C-]#[N+]CN(CC#N)c1ccc(N)c(C(N)=O)c1. The number of nitrogens with two attached hydrogens (primary N) is 14. The zero-order valence-corrected chi connectivity index (χ0v) is 73.4. The summed E-state index contributed by atoms with van der Waals surface area (Å²) in [5.74, 6) is -3.68. The van der Waals surface area contributed by atoms with Crippen LogP contribution in [0.4, 0.5) is 79.6 Å². The Morgan fingerprint density at radius 2 is 0.680 bits per heavy atom. The van der Waals surface area contributed by atoms with E-state index in [2.05, 4.69) is 113 Å². The van der Waals surface area contributed by atoms with E-state index in [4.69, 9.17) is 102 Å². The first-order chi connectivity index (χ1) is 57.9. The number of nitrogens with zero attached hydrogens (tertiary/aromatic N) is 8. The number of benzene rings is 7. The number of primary amides is 7. The van der Waals surface area contributed by atoms with E-state index in [-0.39, 0.29) is 50.3 Å². The van der Waals surface area contributed by atoms with Gasteiger partial charge in [-0.2, -0.15) is 5.26 Å². The predicted octanol–water partition coefficient (Wildman–Crippen LogP) is 9.82. The van der Waals surface area contributed by atoms with Crippen LogP contribution < -0.4 is 115 Å². The fourth-order valence-corrected chi connectivity index (χ4v) is 12.8. The van der Waals surface area contributed by atoms with Gasteiger partial charge in [0.15, 0.2) is 0 Å². The lowest BCUT2D eigenvalue weighted by Crippen LogP contribution is -2.37. The number of hydrogen-bond acceptors (Lipinski definition) is 25. The number of carbonyl (C=O) groups is 7. The molecule has 0 aliphatic carbocycles. The van der Waals surface area contributed by atoms with Crippen LogP contribution in [0.1, 0.15) is 220 Å². The molecule has 1 unspecified atom stereocenters. The molecule has 32 N–H and O–H groups in total. The van der Waals surface area contributed by atoms with Gasteiger partial charge < -0.3 is 125 Å². The average Bonchev–Trinajstić information content (AvgIpc) is 0.818. The van der Waals surface area contributed by atoms with Crippen LogP contribution in [0.5, 0.6) is 0 Å². The molecule has 7 aromatic rings. The van der Waals surface area contributed by atoms with Gasteiger partial charge in [-0.25, -0.2) is 6.57 Å². The van der Waals surface area contributed by atoms with E-state index in [1.54, 1.807) is 72.8 Å². The monoisotopic (exact) mass is 1690 g/mol. The van der Waals surface area contributed by atoms with Crippen molar-refractivity contribution in [2.24, 2.45) is 40.1 Å². The summed E-state index contributed by atoms with van der Waals surface area (Å²) in [5, 5.41) is 38.9. The summed E-state index contributed by atoms with van der Waals surface area (Å²) in [6.07, 6.45) is 9.91. The summed E-state index contributed by atoms with van der Waals surface area (Å²) in [7, 11) is 0. The van der Waals surface area contributed by atoms with Crippen LogP contribution in [0.2, 0.25) is 0 Å². The zero-order chi connectivity index (χ0) is 92.5. The van der Waals surface area contributed by atoms with E-state index >= 15 is 0 Å². The Morgan fingerprint density at radius 1 is 0.377 bits per heavy atom. The van der Waals surface area contributed by atoms with E-state index in [1.165, 1.54) is 17.0 Å². The van der Waals surface area contributed by atoms with E-state index in [0.29, 0.717) is 111 Å². The quantitative estimate of drug-likeness (QED) is 0.00964. The van der Waals surface area contributed by atoms with Gasteiger partial charge in [0.25, 0.3) is 48.0 Å². The first-order valence-corrected chi connectivity index (χ1v) is 41.1. The minimum atomic E-state index is -0.635. The van der Waals surface area contributed by atoms with E-state index in [9.17, 15) is 38.7 Å². The summed E-state index contributed by atoms with van der Waals surface area (Å²) in [6, 6.07) is 40.0. The number of nitrogens with one attached hydrogen (secondary N) is 1. The number of aliphatic hydroxyl groups excluding tert-OH is 3. The Kier molecular flexibility index (Phi) is 50.1. The van der Waals surface area contributed by atoms with E-state index in [0.717, 1.165) is 125 Å². The van der Waals surface area contributed by atoms with Crippen LogP contribution in [0.25, 0.3) is 4.85 Å². The van der Waals surface area contributed by atoms with E-state index in [1.807, 2.05) is 53.4 Å². The molecule has 0 radical (unpaired) electrons. The van der Waals surface area contributed by atoms with Crippen molar-refractivity contribution in [1.29, 1.82) is 5.26 Å². The maximum Gasteiger partial charge on any atom is 0.290 e. The Hall–Kier alpha value is -13.1. The number of rotatable bonds is 40. The number of amides is 7. The smallest absolute Gasteiger partial charge is 0.290 e. The van der Waals surface area contributed by atoms with Gasteiger partial charge in [0, 0.05) is 156 Å². The second-order valence-corrected chi connectivity index (χ2v) is 28.6. The number of hydrogen-bond donors (Lipinski definition) is 18. The summed E-state index contributed by atoms with van der Waals surface area (Å²) in [6.45, 7) is 37.9. The lowest BCUT2D eigenvalue weighted by Gasteiger charge is -2.33. The highest BCUT2D eigenvalue weighted by Gasteiger charge is 2.22. The molecule has 7 rings (SSSR count). The fourth-order valence-electron chi connectivity index (χ4n) is 12.8. The van der Waals surface area contributed by atoms with E-state index < -0.39 is 41.4 Å². The molecule has 7 aromatic carbocycles. The molecular formula is C89H137N23O10. The average molecular weight is 1690 g/mol. The van der Waals surface area contributed by atoms with Crippen molar-refractivity contribution in [3.8, 4) is 6.07 Å². The van der Waals surface area contributed by atoms with Crippen LogP contribution in [-0.2, 0) is 0 Å². The van der Waals surface area contributed by atoms with Crippen molar-refractivity contribution >= 4 is 121 Å². The van der Waals surface area contributed by atoms with Gasteiger partial charge in [0.05, 0.1) is 58.2 Å². The topological polar surface area (TPSA) is 604 Å². The molecule has 0 saturated heterocycles. The first-order valence-electron chi connectivity index (χ1n) is 41.1. The van der Waals surface area contributed by atoms with Crippen molar-refractivity contribution < 1.29 is 48.9 Å². The van der Waals surface area contributed by atoms with Crippen molar-refractivity contribution in [3.05, 3.63) is 178 Å². The Morgan fingerprint density at radius 3 is 0.975 bits per heavy atom. The molecule has 0 spiro atoms. The lowest BCUT2D eigenvalue weighted by atomic mass is 10.1. The van der Waals surface area contributed by atoms with Crippen LogP contribution >= 0.6 is 0 Å². The van der Waals surface area contributed by atoms with Gasteiger partial charge in [-0.3, -0.25) is 43.3 Å². The summed E-state index contributed by atoms with van der Waals surface area (Å²) >= 11 is 0. The molecule has 0 aromatic heterocycles. The summed E-state index contributed by atoms with van der Waals surface area (Å²) < 4.78 is 0. The Bertz CT molecular complexity index is 4400. The highest BCUT2D eigenvalue weighted by Crippen LogP contribution is 2.30. The third-order valence-corrected chi connectivity index (χ3v) is 19.5. The Labute approximate surface area is 720 Å². The van der Waals surface area contributed by atoms with Crippen LogP contribution in [0.3, 0.4) is 0 Å². The minimum absolute atomic E-state index is 0.0374. The molecule has 0 aliphatic rings. The molecule has 0 bridgehead atoms. The second-order valence-electron chi connectivity index (χ2n) is 28.6. The lowest BCUT2D eigenvalue weighted by molar-refractivity contribution is 0.0992. The number of carbonyl (C=O) groups excluding carboxylic acids is 7. The van der Waals surface area contributed by atoms with Crippen LogP contribution in [-0.4, -0.2) is 160 Å². The highest BCUT2D eigenvalue weighted by molar-refractivity contribution is 6.03. The molecule has 0 aliphatic heterocycles. The van der Waals surface area contributed by atoms with Gasteiger partial charge >= 0.3 is 0 Å². The molecule has 33 heteroatoms. The van der Waals surface area contributed by atoms with Gasteiger partial charge in [-0.05, 0) is 212 Å². The molecule has 122 heavy (non-hydrogen) atoms. The molecule has 0 heterocycles. The van der Waals surface area contributed by atoms with Crippen molar-refractivity contribution in [1.82, 2.24) is 0 Å². The van der Waals surface area contributed by atoms with Crippen LogP contribution in [0, 0.1) is 17.9 Å². The van der Waals surface area contributed by atoms with Crippen LogP contribution in [0.15, 0.2) is 127 Å². The largest absolute Gasteiger partial charge is 0.398 e. The molecule has 0 saturated carbocycles. The first kappa shape index (κ1) is 107. The summed E-state index contributed by atoms with van der Waals surface area (Å²) in [4.78, 5) is 94.1. The zero-order valence-electron chi connectivity index (χ0n) is 73.4. The normalized spacial score (nSPS) is 10.5. The van der Waals surface area contributed by atoms with Gasteiger partial charge in [-0.1, -0.05) is 62.3 Å². The third kappa shape index (κ3) is 35.1. The fraction of sp³-hybridized carbons (Fsp3) is 0.427. The molecule has 7 amide bonds. The molecule has 33 nitrogen and oxygen atoms in total. The summed E-state index contributed by atoms with van der Waals surface area (Å²) in [5.41, 5.74) is 87.8. The van der Waals surface area contributed by atoms with Gasteiger partial charge in [-0.15, -0.1) is 0 Å². The molecule has 668 valence electrons. The number of anilines is 14. The number of aliphatic hydroxyl groups is 3. The molecular weight excluding hydrogens is 1550 g/mol. The maximum absolute atomic E-state index is 11.4. The second kappa shape index (κ2) is 57.1. The van der Waals surface area contributed by atoms with Crippen molar-refractivity contribution in [3.63, 3.8) is 0 Å². The highest BCUT2D eigenvalue weighted by atomic mass is 16.3. The van der Waals surface area contributed by atoms with Gasteiger partial charge in [0.1, 0.15) is 6.54 Å². The standard InChI is InChI=1S/C15H25N3O.C14H23N3O2.C14H23N3O.C13H21N3O2.C12H19N3O2.C11H11N5O.C10H15N3O/c1-4-9-18(11(5-2)6-3)12-7-8-14(16)13(10-12)15(17)19;1-3-10(4-2)17(7-8-18)11-5-6-13(15)12(9-11)14(16)19;1-4-8-17(10(3)5-2)11-6-7-13(15)12(9-11)14(16)18;1-9(2)16(6-3-7-17)10-4-5-12(14)11(8-10)13(15)18;1-2-5-15(6-7-16)9-3-4-11(13)10(8-9)12(14)17;1-15-7-16(5-4-12)8-2-3-10(13)9(6-8)11(14)17;1-2-5-13-7-3-4-9(11)8(6-7)10(12)14/h7-8,10-11H,4-6,9,16H2,1-3H3,(H2,17,19);5-6,9-10,18H,3-4,7-8,15H2,1-2H3,(H2,16,19);6-7,9-10H,4-5,8,15H2,1-3H3,(H2,16,18);4-5,8-9,17H,3,6-7,14H2,1-2H3,(H2,15,18);3-4,8,16H,2,5-7,13H2,1H3,(H2,14,17);2-3,6H,5,7,13H2,(H2,14,17);3-4,6,13H,2,5,11H2,1H3,(H2,12,14). The number of nitriles is 1. The Balaban J connectivity index is 0.000000713. The minimum Gasteiger partial charge on any atom is -0.398 e. The predicted molar refractivity (Wildman–Crippen MR) is 501 cm³/mol. The van der Waals surface area contributed by atoms with Gasteiger partial charge in [0.2, 0.25) is 0 Å². The van der Waals surface area contributed by atoms with Crippen molar-refractivity contribution in [2.75, 3.05) is 154 Å². The maximum atomic E-state index is 11.4. The number of nitrogen functional groups attached to an aromatic ring is 7. The molecule has 0 fully saturated rings.